The van der Waals surface area contributed by atoms with Crippen molar-refractivity contribution in [2.45, 2.75) is 19.4 Å². The van der Waals surface area contributed by atoms with Gasteiger partial charge in [-0.05, 0) is 18.6 Å². The summed E-state index contributed by atoms with van der Waals surface area (Å²) in [5.41, 5.74) is 2.36. The summed E-state index contributed by atoms with van der Waals surface area (Å²) in [5, 5.41) is 3.18. The van der Waals surface area contributed by atoms with Crippen LogP contribution in [-0.2, 0) is 11.2 Å². The van der Waals surface area contributed by atoms with Crippen LogP contribution in [0.25, 0.3) is 0 Å². The molecule has 0 aliphatic carbocycles. The van der Waals surface area contributed by atoms with Gasteiger partial charge < -0.3 is 5.32 Å². The molecule has 0 spiro atoms. The highest BCUT2D eigenvalue weighted by atomic mass is 16.1. The molecule has 0 saturated carbocycles. The molecule has 0 saturated heterocycles. The zero-order chi connectivity index (χ0) is 8.55. The highest BCUT2D eigenvalue weighted by Crippen LogP contribution is 2.25. The lowest BCUT2D eigenvalue weighted by Gasteiger charge is -2.04. The monoisotopic (exact) mass is 161 g/mol. The molecule has 1 N–H and O–H groups in total. The molecule has 2 heteroatoms. The molecule has 1 heterocycles. The number of carbonyl (C=O) groups excluding carboxylic acids is 1. The third kappa shape index (κ3) is 1.09. The van der Waals surface area contributed by atoms with E-state index >= 15 is 0 Å². The van der Waals surface area contributed by atoms with E-state index in [2.05, 4.69) is 11.4 Å². The van der Waals surface area contributed by atoms with Crippen LogP contribution in [0.3, 0.4) is 0 Å². The number of nitrogens with one attached hydrogen (secondary N) is 1. The summed E-state index contributed by atoms with van der Waals surface area (Å²) >= 11 is 0. The van der Waals surface area contributed by atoms with Crippen LogP contribution in [0.2, 0.25) is 0 Å². The number of fused-ring (bicyclic) bond motifs is 1. The lowest BCUT2D eigenvalue weighted by atomic mass is 10.1. The minimum absolute atomic E-state index is 0.00222. The molecule has 0 fully saturated rings. The van der Waals surface area contributed by atoms with Crippen molar-refractivity contribution < 1.29 is 4.79 Å². The molecule has 0 radical (unpaired) electrons. The van der Waals surface area contributed by atoms with Crippen LogP contribution in [-0.4, -0.2) is 11.8 Å². The van der Waals surface area contributed by atoms with Gasteiger partial charge >= 0.3 is 0 Å². The van der Waals surface area contributed by atoms with Crippen LogP contribution in [0.5, 0.6) is 0 Å². The number of hydrogen-bond acceptors (Lipinski definition) is 2. The minimum atomic E-state index is 0.00222. The summed E-state index contributed by atoms with van der Waals surface area (Å²) in [6, 6.07) is 8.06. The Morgan fingerprint density at radius 1 is 1.50 bits per heavy atom. The minimum Gasteiger partial charge on any atom is -0.375 e. The van der Waals surface area contributed by atoms with Gasteiger partial charge in [-0.2, -0.15) is 0 Å². The second-order valence-corrected chi connectivity index (χ2v) is 3.17. The largest absolute Gasteiger partial charge is 0.375 e. The molecule has 2 nitrogen and oxygen atoms in total. The Labute approximate surface area is 71.6 Å². The summed E-state index contributed by atoms with van der Waals surface area (Å²) in [4.78, 5) is 11.1. The summed E-state index contributed by atoms with van der Waals surface area (Å²) in [6.07, 6.45) is 0.839. The topological polar surface area (TPSA) is 29.1 Å². The third-order valence-corrected chi connectivity index (χ3v) is 2.26. The lowest BCUT2D eigenvalue weighted by molar-refractivity contribution is -0.117. The van der Waals surface area contributed by atoms with E-state index in [0.29, 0.717) is 0 Å². The summed E-state index contributed by atoms with van der Waals surface area (Å²) in [6.45, 7) is 1.63. The van der Waals surface area contributed by atoms with Gasteiger partial charge in [-0.1, -0.05) is 18.2 Å². The Morgan fingerprint density at radius 3 is 2.92 bits per heavy atom. The van der Waals surface area contributed by atoms with E-state index in [9.17, 15) is 4.79 Å². The predicted molar refractivity (Wildman–Crippen MR) is 48.2 cm³/mol. The van der Waals surface area contributed by atoms with Crippen LogP contribution in [0, 0.1) is 0 Å². The SMILES string of the molecule is CC(=O)[C@H]1Cc2ccccc2N1. The van der Waals surface area contributed by atoms with Gasteiger partial charge in [-0.15, -0.1) is 0 Å². The number of anilines is 1. The van der Waals surface area contributed by atoms with Crippen molar-refractivity contribution in [2.24, 2.45) is 0 Å². The molecule has 0 bridgehead atoms. The van der Waals surface area contributed by atoms with Crippen LogP contribution < -0.4 is 5.32 Å². The standard InChI is InChI=1S/C10H11NO/c1-7(12)10-6-8-4-2-3-5-9(8)11-10/h2-5,10-11H,6H2,1H3/t10-/m1/s1. The van der Waals surface area contributed by atoms with Gasteiger partial charge in [0.15, 0.2) is 5.78 Å². The molecule has 0 unspecified atom stereocenters. The number of ketones is 1. The maximum Gasteiger partial charge on any atom is 0.152 e. The van der Waals surface area contributed by atoms with Crippen molar-refractivity contribution in [1.29, 1.82) is 0 Å². The van der Waals surface area contributed by atoms with E-state index in [1.807, 2.05) is 18.2 Å². The molecule has 62 valence electrons. The molecule has 12 heavy (non-hydrogen) atoms. The average molecular weight is 161 g/mol. The number of benzene rings is 1. The second-order valence-electron chi connectivity index (χ2n) is 3.17. The van der Waals surface area contributed by atoms with E-state index in [1.54, 1.807) is 6.92 Å². The molecule has 2 rings (SSSR count). The number of rotatable bonds is 1. The first-order chi connectivity index (χ1) is 5.77. The van der Waals surface area contributed by atoms with Crippen LogP contribution in [0.1, 0.15) is 12.5 Å². The molecule has 1 aromatic carbocycles. The quantitative estimate of drug-likeness (QED) is 0.678. The first-order valence-corrected chi connectivity index (χ1v) is 4.12. The van der Waals surface area contributed by atoms with Gasteiger partial charge in [0, 0.05) is 12.1 Å². The van der Waals surface area contributed by atoms with Gasteiger partial charge in [-0.25, -0.2) is 0 Å². The molecule has 1 aliphatic rings. The molecule has 0 amide bonds. The molecular formula is C10H11NO. The number of para-hydroxylation sites is 1. The van der Waals surface area contributed by atoms with E-state index in [0.717, 1.165) is 12.1 Å². The van der Waals surface area contributed by atoms with Gasteiger partial charge in [0.1, 0.15) is 0 Å². The predicted octanol–water partition coefficient (Wildman–Crippen LogP) is 1.61. The van der Waals surface area contributed by atoms with E-state index in [-0.39, 0.29) is 11.8 Å². The first-order valence-electron chi connectivity index (χ1n) is 4.12. The Balaban J connectivity index is 2.27. The Kier molecular flexibility index (Phi) is 1.61. The molecule has 0 aromatic heterocycles. The van der Waals surface area contributed by atoms with E-state index in [1.165, 1.54) is 5.56 Å². The first kappa shape index (κ1) is 7.35. The van der Waals surface area contributed by atoms with Gasteiger partial charge in [0.25, 0.3) is 0 Å². The van der Waals surface area contributed by atoms with Gasteiger partial charge in [-0.3, -0.25) is 4.79 Å². The fraction of sp³-hybridized carbons (Fsp3) is 0.300. The zero-order valence-corrected chi connectivity index (χ0v) is 7.00. The molecular weight excluding hydrogens is 150 g/mol. The van der Waals surface area contributed by atoms with E-state index < -0.39 is 0 Å². The van der Waals surface area contributed by atoms with Crippen LogP contribution in [0.4, 0.5) is 5.69 Å². The van der Waals surface area contributed by atoms with Crippen molar-refractivity contribution >= 4 is 11.5 Å². The third-order valence-electron chi connectivity index (χ3n) is 2.26. The Morgan fingerprint density at radius 2 is 2.25 bits per heavy atom. The molecule has 1 atom stereocenters. The average Bonchev–Trinajstić information content (AvgIpc) is 2.46. The molecule has 1 aliphatic heterocycles. The number of Topliss-reactive ketones (excluding diaryl/α,β-unsaturated/α-hetero) is 1. The van der Waals surface area contributed by atoms with Crippen molar-refractivity contribution in [2.75, 3.05) is 5.32 Å². The maximum atomic E-state index is 11.1. The highest BCUT2D eigenvalue weighted by molar-refractivity contribution is 5.87. The Bertz CT molecular complexity index is 294. The maximum absolute atomic E-state index is 11.1. The highest BCUT2D eigenvalue weighted by Gasteiger charge is 2.22. The summed E-state index contributed by atoms with van der Waals surface area (Å²) in [5.74, 6) is 0.214. The van der Waals surface area contributed by atoms with Crippen LogP contribution >= 0.6 is 0 Å². The van der Waals surface area contributed by atoms with Crippen LogP contribution in [0.15, 0.2) is 24.3 Å². The zero-order valence-electron chi connectivity index (χ0n) is 7.00. The normalized spacial score (nSPS) is 19.9. The van der Waals surface area contributed by atoms with Gasteiger partial charge in [0.05, 0.1) is 6.04 Å². The van der Waals surface area contributed by atoms with Crippen molar-refractivity contribution in [3.8, 4) is 0 Å². The van der Waals surface area contributed by atoms with Crippen molar-refractivity contribution in [3.05, 3.63) is 29.8 Å². The smallest absolute Gasteiger partial charge is 0.152 e. The number of carbonyl (C=O) groups is 1. The fourth-order valence-electron chi connectivity index (χ4n) is 1.54. The van der Waals surface area contributed by atoms with Crippen molar-refractivity contribution in [1.82, 2.24) is 0 Å². The second kappa shape index (κ2) is 2.63. The Hall–Kier alpha value is -1.31. The number of hydrogen-bond donors (Lipinski definition) is 1. The fourth-order valence-corrected chi connectivity index (χ4v) is 1.54. The summed E-state index contributed by atoms with van der Waals surface area (Å²) in [7, 11) is 0. The van der Waals surface area contributed by atoms with Gasteiger partial charge in [0.2, 0.25) is 0 Å². The van der Waals surface area contributed by atoms with Crippen molar-refractivity contribution in [3.63, 3.8) is 0 Å². The van der Waals surface area contributed by atoms with E-state index in [4.69, 9.17) is 0 Å². The lowest BCUT2D eigenvalue weighted by Crippen LogP contribution is -2.23. The molecule has 1 aromatic rings. The summed E-state index contributed by atoms with van der Waals surface area (Å²) < 4.78 is 0.